The summed E-state index contributed by atoms with van der Waals surface area (Å²) in [6.07, 6.45) is 5.74. The number of nitrogens with zero attached hydrogens (tertiary/aromatic N) is 2. The van der Waals surface area contributed by atoms with Gasteiger partial charge in [0.15, 0.2) is 0 Å². The van der Waals surface area contributed by atoms with Gasteiger partial charge in [0.1, 0.15) is 11.6 Å². The lowest BCUT2D eigenvalue weighted by Gasteiger charge is -2.22. The Hall–Kier alpha value is -2.22. The van der Waals surface area contributed by atoms with Crippen LogP contribution in [0.5, 0.6) is 0 Å². The largest absolute Gasteiger partial charge is 0.381 e. The van der Waals surface area contributed by atoms with Crippen LogP contribution in [0.25, 0.3) is 11.3 Å². The van der Waals surface area contributed by atoms with Gasteiger partial charge in [0.05, 0.1) is 23.2 Å². The van der Waals surface area contributed by atoms with E-state index in [1.54, 1.807) is 12.3 Å². The number of nitrogens with one attached hydrogen (secondary N) is 3. The number of anilines is 2. The van der Waals surface area contributed by atoms with Crippen LogP contribution in [0, 0.1) is 11.8 Å². The molecule has 0 aliphatic carbocycles. The zero-order chi connectivity index (χ0) is 20.8. The first-order chi connectivity index (χ1) is 14.7. The molecule has 1 amide bonds. The minimum atomic E-state index is -0.0332. The smallest absolute Gasteiger partial charge is 0.229 e. The highest BCUT2D eigenvalue weighted by Crippen LogP contribution is 2.29. The average Bonchev–Trinajstić information content (AvgIpc) is 2.80. The number of carbonyl (C=O) groups excluding carboxylic acids is 1. The summed E-state index contributed by atoms with van der Waals surface area (Å²) in [5, 5.41) is 10.1. The topological polar surface area (TPSA) is 88.2 Å². The van der Waals surface area contributed by atoms with Crippen LogP contribution in [0.15, 0.2) is 30.5 Å². The molecule has 0 spiro atoms. The van der Waals surface area contributed by atoms with Crippen LogP contribution in [0.4, 0.5) is 11.6 Å². The number of ether oxygens (including phenoxy) is 1. The third kappa shape index (κ3) is 5.47. The second-order valence-corrected chi connectivity index (χ2v) is 8.36. The fourth-order valence-corrected chi connectivity index (χ4v) is 4.11. The van der Waals surface area contributed by atoms with Crippen molar-refractivity contribution in [3.05, 3.63) is 35.5 Å². The maximum Gasteiger partial charge on any atom is 0.229 e. The first-order valence-corrected chi connectivity index (χ1v) is 11.0. The molecule has 3 N–H and O–H groups in total. The molecule has 0 saturated carbocycles. The van der Waals surface area contributed by atoms with E-state index >= 15 is 0 Å². The lowest BCUT2D eigenvalue weighted by molar-refractivity contribution is -0.120. The first kappa shape index (κ1) is 21.0. The van der Waals surface area contributed by atoms with Crippen molar-refractivity contribution < 1.29 is 9.53 Å². The van der Waals surface area contributed by atoms with Crippen molar-refractivity contribution in [1.29, 1.82) is 0 Å². The molecule has 0 radical (unpaired) electrons. The van der Waals surface area contributed by atoms with Gasteiger partial charge >= 0.3 is 0 Å². The van der Waals surface area contributed by atoms with Crippen molar-refractivity contribution in [2.75, 3.05) is 43.5 Å². The molecule has 1 unspecified atom stereocenters. The number of piperidine rings is 1. The van der Waals surface area contributed by atoms with Crippen molar-refractivity contribution in [3.8, 4) is 11.3 Å². The molecule has 4 heterocycles. The summed E-state index contributed by atoms with van der Waals surface area (Å²) in [5.41, 5.74) is 1.48. The quantitative estimate of drug-likeness (QED) is 0.650. The summed E-state index contributed by atoms with van der Waals surface area (Å²) in [6, 6.07) is 7.59. The van der Waals surface area contributed by atoms with E-state index in [1.165, 1.54) is 6.42 Å². The molecular formula is C22H28ClN5O2. The van der Waals surface area contributed by atoms with Crippen molar-refractivity contribution in [3.63, 3.8) is 0 Å². The normalized spacial score (nSPS) is 21.8. The number of amides is 1. The summed E-state index contributed by atoms with van der Waals surface area (Å²) in [5.74, 6) is 1.74. The molecule has 0 bridgehead atoms. The Bertz CT molecular complexity index is 866. The van der Waals surface area contributed by atoms with Gasteiger partial charge in [-0.05, 0) is 56.3 Å². The van der Waals surface area contributed by atoms with Gasteiger partial charge < -0.3 is 20.7 Å². The highest BCUT2D eigenvalue weighted by molar-refractivity contribution is 6.33. The Morgan fingerprint density at radius 1 is 1.27 bits per heavy atom. The summed E-state index contributed by atoms with van der Waals surface area (Å²) in [6.45, 7) is 4.16. The fraction of sp³-hybridized carbons (Fsp3) is 0.500. The molecule has 2 aromatic heterocycles. The second kappa shape index (κ2) is 10.2. The van der Waals surface area contributed by atoms with Gasteiger partial charge in [-0.1, -0.05) is 17.7 Å². The molecule has 160 valence electrons. The molecule has 2 saturated heterocycles. The van der Waals surface area contributed by atoms with Crippen LogP contribution < -0.4 is 16.0 Å². The summed E-state index contributed by atoms with van der Waals surface area (Å²) >= 11 is 6.40. The predicted octanol–water partition coefficient (Wildman–Crippen LogP) is 3.57. The van der Waals surface area contributed by atoms with Crippen molar-refractivity contribution >= 4 is 29.1 Å². The fourth-order valence-electron chi connectivity index (χ4n) is 3.91. The molecule has 2 atom stereocenters. The number of hydrogen-bond acceptors (Lipinski definition) is 6. The Morgan fingerprint density at radius 3 is 3.00 bits per heavy atom. The summed E-state index contributed by atoms with van der Waals surface area (Å²) < 4.78 is 5.54. The Kier molecular flexibility index (Phi) is 7.15. The van der Waals surface area contributed by atoms with Crippen LogP contribution in [-0.2, 0) is 9.53 Å². The van der Waals surface area contributed by atoms with Gasteiger partial charge in [-0.2, -0.15) is 0 Å². The maximum absolute atomic E-state index is 12.5. The number of aromatic nitrogens is 2. The number of halogens is 1. The SMILES string of the molecule is O=C(Nc1cc(-c2cccc(NCC3CCCOC3)n2)c(Cl)cn1)[C@H]1CCCNC1. The van der Waals surface area contributed by atoms with E-state index in [1.807, 2.05) is 18.2 Å². The van der Waals surface area contributed by atoms with Gasteiger partial charge in [0.2, 0.25) is 5.91 Å². The minimum absolute atomic E-state index is 0.0129. The predicted molar refractivity (Wildman–Crippen MR) is 119 cm³/mol. The lowest BCUT2D eigenvalue weighted by Crippen LogP contribution is -2.37. The monoisotopic (exact) mass is 429 g/mol. The maximum atomic E-state index is 12.5. The molecule has 2 aromatic rings. The zero-order valence-electron chi connectivity index (χ0n) is 17.0. The van der Waals surface area contributed by atoms with Crippen molar-refractivity contribution in [2.24, 2.45) is 11.8 Å². The molecule has 2 aliphatic heterocycles. The lowest BCUT2D eigenvalue weighted by atomic mass is 9.99. The molecule has 2 fully saturated rings. The minimum Gasteiger partial charge on any atom is -0.381 e. The highest BCUT2D eigenvalue weighted by atomic mass is 35.5. The van der Waals surface area contributed by atoms with E-state index in [0.717, 1.165) is 62.6 Å². The number of carbonyl (C=O) groups is 1. The number of pyridine rings is 2. The average molecular weight is 430 g/mol. The van der Waals surface area contributed by atoms with E-state index in [4.69, 9.17) is 21.3 Å². The molecular weight excluding hydrogens is 402 g/mol. The molecule has 7 nitrogen and oxygen atoms in total. The van der Waals surface area contributed by atoms with Gasteiger partial charge in [0, 0.05) is 31.5 Å². The number of hydrogen-bond donors (Lipinski definition) is 3. The van der Waals surface area contributed by atoms with Crippen LogP contribution in [-0.4, -0.2) is 48.7 Å². The van der Waals surface area contributed by atoms with E-state index in [9.17, 15) is 4.79 Å². The van der Waals surface area contributed by atoms with Crippen LogP contribution >= 0.6 is 11.6 Å². The third-order valence-electron chi connectivity index (χ3n) is 5.63. The van der Waals surface area contributed by atoms with Crippen molar-refractivity contribution in [2.45, 2.75) is 25.7 Å². The number of rotatable bonds is 6. The molecule has 4 rings (SSSR count). The van der Waals surface area contributed by atoms with Crippen LogP contribution in [0.2, 0.25) is 5.02 Å². The summed E-state index contributed by atoms with van der Waals surface area (Å²) in [7, 11) is 0. The zero-order valence-corrected chi connectivity index (χ0v) is 17.8. The summed E-state index contributed by atoms with van der Waals surface area (Å²) in [4.78, 5) is 21.5. The van der Waals surface area contributed by atoms with Gasteiger partial charge in [-0.25, -0.2) is 9.97 Å². The van der Waals surface area contributed by atoms with Crippen molar-refractivity contribution in [1.82, 2.24) is 15.3 Å². The molecule has 8 heteroatoms. The van der Waals surface area contributed by atoms with E-state index < -0.39 is 0 Å². The Labute approximate surface area is 182 Å². The van der Waals surface area contributed by atoms with Gasteiger partial charge in [0.25, 0.3) is 0 Å². The standard InChI is InChI=1S/C22H28ClN5O2/c23-18-13-26-21(28-22(29)16-5-2-8-24-12-16)10-17(18)19-6-1-7-20(27-19)25-11-15-4-3-9-30-14-15/h1,6-7,10,13,15-16,24H,2-5,8-9,11-12,14H2,(H,25,27)(H,26,28,29)/t15?,16-/m0/s1. The first-order valence-electron chi connectivity index (χ1n) is 10.7. The Morgan fingerprint density at radius 2 is 2.20 bits per heavy atom. The van der Waals surface area contributed by atoms with E-state index in [-0.39, 0.29) is 11.8 Å². The van der Waals surface area contributed by atoms with Crippen LogP contribution in [0.3, 0.4) is 0 Å². The molecule has 2 aliphatic rings. The van der Waals surface area contributed by atoms with E-state index in [2.05, 4.69) is 20.9 Å². The van der Waals surface area contributed by atoms with Crippen LogP contribution in [0.1, 0.15) is 25.7 Å². The third-order valence-corrected chi connectivity index (χ3v) is 5.93. The second-order valence-electron chi connectivity index (χ2n) is 7.95. The molecule has 0 aromatic carbocycles. The highest BCUT2D eigenvalue weighted by Gasteiger charge is 2.21. The van der Waals surface area contributed by atoms with E-state index in [0.29, 0.717) is 23.3 Å². The Balaban J connectivity index is 1.45. The van der Waals surface area contributed by atoms with Gasteiger partial charge in [-0.15, -0.1) is 0 Å². The van der Waals surface area contributed by atoms with Gasteiger partial charge in [-0.3, -0.25) is 4.79 Å². The molecule has 30 heavy (non-hydrogen) atoms.